The fraction of sp³-hybridized carbons (Fsp3) is 0.545. The van der Waals surface area contributed by atoms with Gasteiger partial charge in [0, 0.05) is 18.9 Å². The van der Waals surface area contributed by atoms with Crippen molar-refractivity contribution < 1.29 is 28.6 Å². The van der Waals surface area contributed by atoms with Crippen LogP contribution in [-0.4, -0.2) is 30.3 Å². The van der Waals surface area contributed by atoms with Gasteiger partial charge in [0.05, 0.1) is 5.92 Å². The summed E-state index contributed by atoms with van der Waals surface area (Å²) in [7, 11) is 0. The van der Waals surface area contributed by atoms with E-state index < -0.39 is 17.9 Å². The predicted octanol–water partition coefficient (Wildman–Crippen LogP) is 0.310. The molecule has 2 rings (SSSR count). The van der Waals surface area contributed by atoms with Crippen LogP contribution < -0.4 is 0 Å². The number of hydrogen-bond donors (Lipinski definition) is 0. The molecule has 0 N–H and O–H groups in total. The second-order valence-electron chi connectivity index (χ2n) is 4.05. The highest BCUT2D eigenvalue weighted by Crippen LogP contribution is 2.43. The molecule has 6 nitrogen and oxygen atoms in total. The molecule has 0 aromatic heterocycles. The zero-order valence-corrected chi connectivity index (χ0v) is 9.09. The average Bonchev–Trinajstić information content (AvgIpc) is 2.63. The van der Waals surface area contributed by atoms with E-state index in [4.69, 9.17) is 14.2 Å². The molecule has 0 aromatic carbocycles. The first kappa shape index (κ1) is 11.6. The first-order chi connectivity index (χ1) is 8.11. The Hall–Kier alpha value is -1.85. The fourth-order valence-electron chi connectivity index (χ4n) is 2.25. The Bertz CT molecular complexity index is 376. The number of esters is 2. The van der Waals surface area contributed by atoms with Gasteiger partial charge in [0.15, 0.2) is 6.10 Å². The van der Waals surface area contributed by atoms with Crippen LogP contribution in [0.15, 0.2) is 12.7 Å². The van der Waals surface area contributed by atoms with Crippen LogP contribution in [0.1, 0.15) is 19.3 Å². The topological polar surface area (TPSA) is 78.9 Å². The molecule has 1 saturated heterocycles. The molecule has 3 unspecified atom stereocenters. The number of fused-ring (bicyclic) bond motifs is 2. The predicted molar refractivity (Wildman–Crippen MR) is 53.4 cm³/mol. The van der Waals surface area contributed by atoms with Gasteiger partial charge in [-0.05, 0) is 6.42 Å². The minimum Gasteiger partial charge on any atom is -0.454 e. The quantitative estimate of drug-likeness (QED) is 0.304. The van der Waals surface area contributed by atoms with Crippen molar-refractivity contribution in [2.45, 2.75) is 31.2 Å². The number of rotatable bonds is 4. The van der Waals surface area contributed by atoms with Crippen molar-refractivity contribution >= 4 is 18.4 Å². The summed E-state index contributed by atoms with van der Waals surface area (Å²) < 4.78 is 15.0. The largest absolute Gasteiger partial charge is 0.454 e. The molecule has 0 aromatic rings. The highest BCUT2D eigenvalue weighted by Gasteiger charge is 2.57. The maximum Gasteiger partial charge on any atom is 0.333 e. The standard InChI is InChI=1S/C11H12O6/c1-2-9(13)17-11(15-6-12)4-3-7-5-8(11)16-10(7)14/h2,6-8H,1,3-5H2. The van der Waals surface area contributed by atoms with Gasteiger partial charge in [-0.15, -0.1) is 0 Å². The monoisotopic (exact) mass is 240 g/mol. The molecule has 17 heavy (non-hydrogen) atoms. The third-order valence-electron chi connectivity index (χ3n) is 3.11. The zero-order chi connectivity index (χ0) is 12.5. The Morgan fingerprint density at radius 2 is 2.35 bits per heavy atom. The van der Waals surface area contributed by atoms with Crippen LogP contribution in [0, 0.1) is 5.92 Å². The fourth-order valence-corrected chi connectivity index (χ4v) is 2.25. The lowest BCUT2D eigenvalue weighted by Crippen LogP contribution is -2.50. The number of carbonyl (C=O) groups excluding carboxylic acids is 3. The first-order valence-electron chi connectivity index (χ1n) is 5.28. The lowest BCUT2D eigenvalue weighted by molar-refractivity contribution is -0.256. The summed E-state index contributed by atoms with van der Waals surface area (Å²) in [5, 5.41) is 0. The molecule has 0 radical (unpaired) electrons. The summed E-state index contributed by atoms with van der Waals surface area (Å²) in [6.07, 6.45) is 1.37. The summed E-state index contributed by atoms with van der Waals surface area (Å²) in [6.45, 7) is 3.46. The Morgan fingerprint density at radius 3 is 3.00 bits per heavy atom. The molecule has 1 aliphatic carbocycles. The summed E-state index contributed by atoms with van der Waals surface area (Å²) in [5.74, 6) is -2.73. The lowest BCUT2D eigenvalue weighted by atomic mass is 9.85. The van der Waals surface area contributed by atoms with Crippen molar-refractivity contribution in [2.24, 2.45) is 5.92 Å². The Kier molecular flexibility index (Phi) is 2.87. The van der Waals surface area contributed by atoms with E-state index in [0.29, 0.717) is 12.8 Å². The van der Waals surface area contributed by atoms with Gasteiger partial charge in [-0.2, -0.15) is 0 Å². The molecule has 2 bridgehead atoms. The lowest BCUT2D eigenvalue weighted by Gasteiger charge is -2.36. The Morgan fingerprint density at radius 1 is 1.59 bits per heavy atom. The number of carbonyl (C=O) groups is 3. The highest BCUT2D eigenvalue weighted by atomic mass is 16.7. The van der Waals surface area contributed by atoms with Crippen LogP contribution >= 0.6 is 0 Å². The number of ether oxygens (including phenoxy) is 3. The van der Waals surface area contributed by atoms with Crippen LogP contribution in [0.3, 0.4) is 0 Å². The van der Waals surface area contributed by atoms with Crippen molar-refractivity contribution in [1.82, 2.24) is 0 Å². The van der Waals surface area contributed by atoms with E-state index in [-0.39, 0.29) is 24.8 Å². The smallest absolute Gasteiger partial charge is 0.333 e. The van der Waals surface area contributed by atoms with Gasteiger partial charge in [-0.3, -0.25) is 9.59 Å². The van der Waals surface area contributed by atoms with Gasteiger partial charge < -0.3 is 14.2 Å². The van der Waals surface area contributed by atoms with Crippen LogP contribution in [-0.2, 0) is 28.6 Å². The minimum atomic E-state index is -1.49. The summed E-state index contributed by atoms with van der Waals surface area (Å²) >= 11 is 0. The maximum absolute atomic E-state index is 11.4. The molecule has 2 aliphatic rings. The van der Waals surface area contributed by atoms with E-state index in [1.165, 1.54) is 0 Å². The summed E-state index contributed by atoms with van der Waals surface area (Å²) in [5.41, 5.74) is 0. The van der Waals surface area contributed by atoms with Gasteiger partial charge in [0.1, 0.15) is 0 Å². The molecule has 2 fully saturated rings. The Balaban J connectivity index is 2.22. The molecule has 6 heteroatoms. The molecule has 0 amide bonds. The third-order valence-corrected chi connectivity index (χ3v) is 3.11. The second-order valence-corrected chi connectivity index (χ2v) is 4.05. The van der Waals surface area contributed by atoms with Crippen LogP contribution in [0.4, 0.5) is 0 Å². The molecule has 1 saturated carbocycles. The van der Waals surface area contributed by atoms with E-state index in [9.17, 15) is 14.4 Å². The van der Waals surface area contributed by atoms with Crippen LogP contribution in [0.5, 0.6) is 0 Å². The molecular formula is C11H12O6. The van der Waals surface area contributed by atoms with Gasteiger partial charge in [0.25, 0.3) is 12.3 Å². The SMILES string of the molecule is C=CC(=O)OC1(OC=O)CCC2CC1OC2=O. The first-order valence-corrected chi connectivity index (χ1v) is 5.28. The van der Waals surface area contributed by atoms with Crippen molar-refractivity contribution in [2.75, 3.05) is 0 Å². The highest BCUT2D eigenvalue weighted by molar-refractivity contribution is 5.82. The van der Waals surface area contributed by atoms with E-state index >= 15 is 0 Å². The second kappa shape index (κ2) is 4.20. The summed E-state index contributed by atoms with van der Waals surface area (Å²) in [4.78, 5) is 33.1. The van der Waals surface area contributed by atoms with Crippen molar-refractivity contribution in [3.63, 3.8) is 0 Å². The van der Waals surface area contributed by atoms with Crippen LogP contribution in [0.2, 0.25) is 0 Å². The van der Waals surface area contributed by atoms with Crippen molar-refractivity contribution in [3.05, 3.63) is 12.7 Å². The van der Waals surface area contributed by atoms with E-state index in [1.54, 1.807) is 0 Å². The number of hydrogen-bond acceptors (Lipinski definition) is 6. The van der Waals surface area contributed by atoms with Crippen LogP contribution in [0.25, 0.3) is 0 Å². The average molecular weight is 240 g/mol. The van der Waals surface area contributed by atoms with Gasteiger partial charge in [-0.25, -0.2) is 4.79 Å². The normalized spacial score (nSPS) is 34.7. The molecule has 0 spiro atoms. The summed E-state index contributed by atoms with van der Waals surface area (Å²) in [6, 6.07) is 0. The van der Waals surface area contributed by atoms with Crippen molar-refractivity contribution in [1.29, 1.82) is 0 Å². The van der Waals surface area contributed by atoms with Gasteiger partial charge in [0.2, 0.25) is 0 Å². The van der Waals surface area contributed by atoms with Gasteiger partial charge >= 0.3 is 11.9 Å². The maximum atomic E-state index is 11.4. The van der Waals surface area contributed by atoms with E-state index in [1.807, 2.05) is 0 Å². The minimum absolute atomic E-state index is 0.189. The van der Waals surface area contributed by atoms with Crippen molar-refractivity contribution in [3.8, 4) is 0 Å². The molecule has 1 heterocycles. The van der Waals surface area contributed by atoms with Gasteiger partial charge in [-0.1, -0.05) is 6.58 Å². The molecular weight excluding hydrogens is 228 g/mol. The molecule has 1 aliphatic heterocycles. The van der Waals surface area contributed by atoms with E-state index in [2.05, 4.69) is 6.58 Å². The van der Waals surface area contributed by atoms with E-state index in [0.717, 1.165) is 6.08 Å². The Labute approximate surface area is 97.5 Å². The third kappa shape index (κ3) is 1.90. The molecule has 92 valence electrons. The molecule has 3 atom stereocenters. The zero-order valence-electron chi connectivity index (χ0n) is 9.09.